The molecule has 1 rings (SSSR count). The van der Waals surface area contributed by atoms with Crippen LogP contribution in [0.3, 0.4) is 0 Å². The van der Waals surface area contributed by atoms with E-state index in [-0.39, 0.29) is 0 Å². The van der Waals surface area contributed by atoms with Gasteiger partial charge in [-0.2, -0.15) is 0 Å². The molecule has 0 radical (unpaired) electrons. The molecule has 90 valence electrons. The van der Waals surface area contributed by atoms with Crippen molar-refractivity contribution in [2.75, 3.05) is 0 Å². The van der Waals surface area contributed by atoms with E-state index in [4.69, 9.17) is 5.11 Å². The molecule has 0 bridgehead atoms. The number of hydrazine groups is 1. The molecule has 17 heavy (non-hydrogen) atoms. The van der Waals surface area contributed by atoms with Crippen LogP contribution in [0.15, 0.2) is 23.6 Å². The van der Waals surface area contributed by atoms with Crippen molar-refractivity contribution in [3.63, 3.8) is 0 Å². The van der Waals surface area contributed by atoms with E-state index in [1.807, 2.05) is 0 Å². The molecule has 3 N–H and O–H groups in total. The molecule has 0 saturated carbocycles. The van der Waals surface area contributed by atoms with Gasteiger partial charge in [-0.25, -0.2) is 4.79 Å². The van der Waals surface area contributed by atoms with Crippen molar-refractivity contribution in [1.29, 1.82) is 0 Å². The molecule has 0 spiro atoms. The molecule has 0 fully saturated rings. The van der Waals surface area contributed by atoms with Crippen molar-refractivity contribution in [1.82, 2.24) is 10.9 Å². The third-order valence-corrected chi connectivity index (χ3v) is 2.76. The van der Waals surface area contributed by atoms with Gasteiger partial charge in [0.2, 0.25) is 0 Å². The van der Waals surface area contributed by atoms with Crippen LogP contribution in [0.2, 0.25) is 0 Å². The molecule has 0 atom stereocenters. The minimum Gasteiger partial charge on any atom is -0.478 e. The van der Waals surface area contributed by atoms with Crippen molar-refractivity contribution in [3.05, 3.63) is 34.0 Å². The summed E-state index contributed by atoms with van der Waals surface area (Å²) in [5.41, 5.74) is 5.06. The van der Waals surface area contributed by atoms with Gasteiger partial charge in [-0.1, -0.05) is 0 Å². The number of carbonyl (C=O) groups is 3. The van der Waals surface area contributed by atoms with Crippen LogP contribution >= 0.6 is 11.3 Å². The minimum absolute atomic E-state index is 0.436. The van der Waals surface area contributed by atoms with Gasteiger partial charge in [-0.05, 0) is 23.9 Å². The normalized spacial score (nSPS) is 10.2. The molecule has 2 amide bonds. The van der Waals surface area contributed by atoms with E-state index < -0.39 is 17.8 Å². The summed E-state index contributed by atoms with van der Waals surface area (Å²) in [4.78, 5) is 33.2. The third-order valence-electron chi connectivity index (χ3n) is 1.74. The van der Waals surface area contributed by atoms with Gasteiger partial charge < -0.3 is 5.11 Å². The monoisotopic (exact) mass is 254 g/mol. The average Bonchev–Trinajstić information content (AvgIpc) is 2.69. The first-order chi connectivity index (χ1) is 8.00. The van der Waals surface area contributed by atoms with Gasteiger partial charge in [0.05, 0.1) is 4.88 Å². The second kappa shape index (κ2) is 5.80. The van der Waals surface area contributed by atoms with Crippen molar-refractivity contribution in [2.24, 2.45) is 0 Å². The van der Waals surface area contributed by atoms with Crippen LogP contribution in [-0.2, 0) is 9.59 Å². The molecular formula is C10H10N2O4S. The Morgan fingerprint density at radius 3 is 2.53 bits per heavy atom. The third kappa shape index (κ3) is 4.07. The van der Waals surface area contributed by atoms with Gasteiger partial charge in [-0.3, -0.25) is 20.4 Å². The van der Waals surface area contributed by atoms with Gasteiger partial charge in [0.15, 0.2) is 0 Å². The maximum Gasteiger partial charge on any atom is 0.328 e. The van der Waals surface area contributed by atoms with E-state index in [0.29, 0.717) is 11.0 Å². The first kappa shape index (κ1) is 12.9. The van der Waals surface area contributed by atoms with Crippen LogP contribution in [0.4, 0.5) is 0 Å². The van der Waals surface area contributed by atoms with Gasteiger partial charge in [0, 0.05) is 12.2 Å². The molecule has 0 aliphatic heterocycles. The highest BCUT2D eigenvalue weighted by Gasteiger charge is 2.10. The van der Waals surface area contributed by atoms with Crippen molar-refractivity contribution < 1.29 is 19.5 Å². The highest BCUT2D eigenvalue weighted by molar-refractivity contribution is 7.12. The van der Waals surface area contributed by atoms with Crippen LogP contribution in [0, 0.1) is 6.92 Å². The molecule has 0 saturated heterocycles. The Hall–Kier alpha value is -2.15. The first-order valence-electron chi connectivity index (χ1n) is 4.56. The standard InChI is InChI=1S/C10H10N2O4S/c1-6-4-5-17-9(6)10(16)12-11-7(13)2-3-8(14)15/h2-5H,1H3,(H,11,13)(H,12,16)(H,14,15)/b3-2+. The number of nitrogens with one attached hydrogen (secondary N) is 2. The molecular weight excluding hydrogens is 244 g/mol. The molecule has 7 heteroatoms. The van der Waals surface area contributed by atoms with Crippen molar-refractivity contribution in [2.45, 2.75) is 6.92 Å². The number of carboxylic acids is 1. The Kier molecular flexibility index (Phi) is 4.41. The van der Waals surface area contributed by atoms with E-state index in [0.717, 1.165) is 11.6 Å². The Morgan fingerprint density at radius 1 is 1.29 bits per heavy atom. The van der Waals surface area contributed by atoms with E-state index in [9.17, 15) is 14.4 Å². The lowest BCUT2D eigenvalue weighted by atomic mass is 10.3. The van der Waals surface area contributed by atoms with Gasteiger partial charge in [0.1, 0.15) is 0 Å². The lowest BCUT2D eigenvalue weighted by molar-refractivity contribution is -0.131. The number of rotatable bonds is 3. The Balaban J connectivity index is 2.47. The van der Waals surface area contributed by atoms with Crippen molar-refractivity contribution >= 4 is 29.1 Å². The zero-order valence-electron chi connectivity index (χ0n) is 8.89. The molecule has 1 aromatic rings. The van der Waals surface area contributed by atoms with Crippen LogP contribution < -0.4 is 10.9 Å². The zero-order chi connectivity index (χ0) is 12.8. The molecule has 6 nitrogen and oxygen atoms in total. The molecule has 1 heterocycles. The summed E-state index contributed by atoms with van der Waals surface area (Å²) in [5, 5.41) is 10.0. The maximum atomic E-state index is 11.5. The molecule has 0 unspecified atom stereocenters. The van der Waals surface area contributed by atoms with E-state index in [1.54, 1.807) is 18.4 Å². The first-order valence-corrected chi connectivity index (χ1v) is 5.44. The van der Waals surface area contributed by atoms with Gasteiger partial charge >= 0.3 is 5.97 Å². The molecule has 0 aliphatic carbocycles. The maximum absolute atomic E-state index is 11.5. The summed E-state index contributed by atoms with van der Waals surface area (Å²) in [6, 6.07) is 1.78. The van der Waals surface area contributed by atoms with Crippen LogP contribution in [0.5, 0.6) is 0 Å². The van der Waals surface area contributed by atoms with Crippen LogP contribution in [0.25, 0.3) is 0 Å². The molecule has 1 aromatic heterocycles. The number of hydrogen-bond donors (Lipinski definition) is 3. The predicted octanol–water partition coefficient (Wildman–Crippen LogP) is 0.458. The van der Waals surface area contributed by atoms with E-state index in [1.165, 1.54) is 11.3 Å². The Bertz CT molecular complexity index is 478. The number of carboxylic acid groups (broad SMARTS) is 1. The number of hydrogen-bond acceptors (Lipinski definition) is 4. The van der Waals surface area contributed by atoms with Crippen LogP contribution in [-0.4, -0.2) is 22.9 Å². The van der Waals surface area contributed by atoms with Crippen molar-refractivity contribution in [3.8, 4) is 0 Å². The van der Waals surface area contributed by atoms with Gasteiger partial charge in [0.25, 0.3) is 11.8 Å². The van der Waals surface area contributed by atoms with E-state index >= 15 is 0 Å². The fourth-order valence-corrected chi connectivity index (χ4v) is 1.79. The Labute approximate surface area is 101 Å². The zero-order valence-corrected chi connectivity index (χ0v) is 9.71. The summed E-state index contributed by atoms with van der Waals surface area (Å²) in [5.74, 6) is -2.38. The lowest BCUT2D eigenvalue weighted by Gasteiger charge is -2.03. The summed E-state index contributed by atoms with van der Waals surface area (Å²) in [6.45, 7) is 1.78. The SMILES string of the molecule is Cc1ccsc1C(=O)NNC(=O)/C=C/C(=O)O. The number of carbonyl (C=O) groups excluding carboxylic acids is 2. The summed E-state index contributed by atoms with van der Waals surface area (Å²) >= 11 is 1.25. The summed E-state index contributed by atoms with van der Waals surface area (Å²) in [7, 11) is 0. The fraction of sp³-hybridized carbons (Fsp3) is 0.100. The highest BCUT2D eigenvalue weighted by Crippen LogP contribution is 2.14. The van der Waals surface area contributed by atoms with Gasteiger partial charge in [-0.15, -0.1) is 11.3 Å². The second-order valence-electron chi connectivity index (χ2n) is 3.05. The smallest absolute Gasteiger partial charge is 0.328 e. The summed E-state index contributed by atoms with van der Waals surface area (Å²) in [6.07, 6.45) is 1.49. The number of aliphatic carboxylic acids is 1. The Morgan fingerprint density at radius 2 is 2.00 bits per heavy atom. The largest absolute Gasteiger partial charge is 0.478 e. The topological polar surface area (TPSA) is 95.5 Å². The second-order valence-corrected chi connectivity index (χ2v) is 3.96. The number of aryl methyl sites for hydroxylation is 1. The summed E-state index contributed by atoms with van der Waals surface area (Å²) < 4.78 is 0. The lowest BCUT2D eigenvalue weighted by Crippen LogP contribution is -2.40. The number of thiophene rings is 1. The quantitative estimate of drug-likeness (QED) is 0.539. The molecule has 0 aromatic carbocycles. The highest BCUT2D eigenvalue weighted by atomic mass is 32.1. The minimum atomic E-state index is -1.24. The van der Waals surface area contributed by atoms with E-state index in [2.05, 4.69) is 10.9 Å². The predicted molar refractivity (Wildman–Crippen MR) is 61.4 cm³/mol. The number of amides is 2. The van der Waals surface area contributed by atoms with Crippen LogP contribution in [0.1, 0.15) is 15.2 Å². The molecule has 0 aliphatic rings. The average molecular weight is 254 g/mol. The fourth-order valence-electron chi connectivity index (χ4n) is 0.969.